The number of aliphatic carboxylic acids is 3. The predicted octanol–water partition coefficient (Wildman–Crippen LogP) is 1.36. The summed E-state index contributed by atoms with van der Waals surface area (Å²) in [5, 5.41) is 33.8. The lowest BCUT2D eigenvalue weighted by Crippen LogP contribution is -2.42. The van der Waals surface area contributed by atoms with E-state index in [9.17, 15) is 14.4 Å². The Kier molecular flexibility index (Phi) is 7.24. The van der Waals surface area contributed by atoms with Crippen LogP contribution >= 0.6 is 0 Å². The van der Waals surface area contributed by atoms with Crippen molar-refractivity contribution in [3.8, 4) is 0 Å². The summed E-state index contributed by atoms with van der Waals surface area (Å²) in [5.41, 5.74) is 1.32. The molecule has 0 amide bonds. The molecule has 1 aromatic carbocycles. The number of aryl methyl sites for hydroxylation is 3. The van der Waals surface area contributed by atoms with Crippen LogP contribution in [0, 0.1) is 20.8 Å². The maximum atomic E-state index is 10.3. The quantitative estimate of drug-likeness (QED) is 0.645. The summed E-state index contributed by atoms with van der Waals surface area (Å²) in [6, 6.07) is 6.56. The van der Waals surface area contributed by atoms with Gasteiger partial charge in [0.05, 0.1) is 12.8 Å². The van der Waals surface area contributed by atoms with Gasteiger partial charge >= 0.3 is 17.9 Å². The maximum Gasteiger partial charge on any atom is 0.336 e. The van der Waals surface area contributed by atoms with E-state index >= 15 is 0 Å². The molecule has 1 rings (SSSR count). The number of carboxylic acid groups (broad SMARTS) is 3. The molecule has 0 aliphatic carbocycles. The van der Waals surface area contributed by atoms with Crippen molar-refractivity contribution < 1.29 is 34.8 Å². The van der Waals surface area contributed by atoms with E-state index in [-0.39, 0.29) is 0 Å². The van der Waals surface area contributed by atoms with Crippen LogP contribution in [0.25, 0.3) is 0 Å². The zero-order valence-electron chi connectivity index (χ0n) is 12.7. The first-order chi connectivity index (χ1) is 9.96. The minimum atomic E-state index is -2.74. The molecule has 0 fully saturated rings. The first-order valence-electron chi connectivity index (χ1n) is 6.40. The van der Waals surface area contributed by atoms with Crippen molar-refractivity contribution in [2.24, 2.45) is 0 Å². The van der Waals surface area contributed by atoms with Crippen LogP contribution in [0.5, 0.6) is 0 Å². The number of hydrogen-bond acceptors (Lipinski definition) is 4. The molecule has 0 radical (unpaired) electrons. The number of benzene rings is 1. The molecule has 22 heavy (non-hydrogen) atoms. The SMILES string of the molecule is Cc1cc(C)cc(C)c1.O=C(O)CC(O)(CC(=O)O)C(=O)O. The molecule has 0 spiro atoms. The van der Waals surface area contributed by atoms with E-state index < -0.39 is 36.4 Å². The van der Waals surface area contributed by atoms with Crippen molar-refractivity contribution in [1.29, 1.82) is 0 Å². The van der Waals surface area contributed by atoms with Gasteiger partial charge in [-0.1, -0.05) is 34.9 Å². The third-order valence-corrected chi connectivity index (χ3v) is 2.65. The third-order valence-electron chi connectivity index (χ3n) is 2.65. The second-order valence-corrected chi connectivity index (χ2v) is 5.14. The second-order valence-electron chi connectivity index (χ2n) is 5.14. The number of rotatable bonds is 5. The molecule has 0 aliphatic rings. The van der Waals surface area contributed by atoms with Crippen molar-refractivity contribution >= 4 is 17.9 Å². The lowest BCUT2D eigenvalue weighted by Gasteiger charge is -2.18. The van der Waals surface area contributed by atoms with Gasteiger partial charge < -0.3 is 20.4 Å². The highest BCUT2D eigenvalue weighted by Gasteiger charge is 2.40. The lowest BCUT2D eigenvalue weighted by molar-refractivity contribution is -0.170. The summed E-state index contributed by atoms with van der Waals surface area (Å²) < 4.78 is 0. The molecule has 1 aromatic rings. The van der Waals surface area contributed by atoms with E-state index in [1.807, 2.05) is 0 Å². The first-order valence-corrected chi connectivity index (χ1v) is 6.40. The molecule has 7 nitrogen and oxygen atoms in total. The topological polar surface area (TPSA) is 132 Å². The molecule has 4 N–H and O–H groups in total. The normalized spacial score (nSPS) is 10.4. The molecule has 0 aromatic heterocycles. The zero-order chi connectivity index (χ0) is 17.5. The van der Waals surface area contributed by atoms with Crippen LogP contribution in [-0.2, 0) is 14.4 Å². The molecule has 0 heterocycles. The fourth-order valence-electron chi connectivity index (χ4n) is 1.92. The van der Waals surface area contributed by atoms with E-state index in [1.165, 1.54) is 16.7 Å². The van der Waals surface area contributed by atoms with Crippen LogP contribution in [0.15, 0.2) is 18.2 Å². The van der Waals surface area contributed by atoms with Gasteiger partial charge in [-0.25, -0.2) is 4.79 Å². The molecule has 0 unspecified atom stereocenters. The van der Waals surface area contributed by atoms with Gasteiger partial charge in [-0.2, -0.15) is 0 Å². The monoisotopic (exact) mass is 312 g/mol. The van der Waals surface area contributed by atoms with Crippen molar-refractivity contribution in [3.63, 3.8) is 0 Å². The van der Waals surface area contributed by atoms with Crippen molar-refractivity contribution in [2.75, 3.05) is 0 Å². The van der Waals surface area contributed by atoms with Crippen LogP contribution < -0.4 is 0 Å². The van der Waals surface area contributed by atoms with Crippen LogP contribution in [0.2, 0.25) is 0 Å². The Morgan fingerprint density at radius 1 is 0.818 bits per heavy atom. The van der Waals surface area contributed by atoms with Gasteiger partial charge in [0.15, 0.2) is 5.60 Å². The van der Waals surface area contributed by atoms with Gasteiger partial charge in [0.2, 0.25) is 0 Å². The molecular formula is C15H20O7. The lowest BCUT2D eigenvalue weighted by atomic mass is 9.96. The molecule has 7 heteroatoms. The largest absolute Gasteiger partial charge is 0.481 e. The van der Waals surface area contributed by atoms with E-state index in [0.29, 0.717) is 0 Å². The van der Waals surface area contributed by atoms with E-state index in [1.54, 1.807) is 0 Å². The van der Waals surface area contributed by atoms with Gasteiger partial charge in [0.1, 0.15) is 0 Å². The minimum absolute atomic E-state index is 1.14. The molecule has 0 bridgehead atoms. The van der Waals surface area contributed by atoms with Crippen LogP contribution in [0.4, 0.5) is 0 Å². The Hall–Kier alpha value is -2.41. The predicted molar refractivity (Wildman–Crippen MR) is 77.7 cm³/mol. The molecule has 0 saturated carbocycles. The fraction of sp³-hybridized carbons (Fsp3) is 0.400. The van der Waals surface area contributed by atoms with Gasteiger partial charge in [0, 0.05) is 0 Å². The average molecular weight is 312 g/mol. The smallest absolute Gasteiger partial charge is 0.336 e. The van der Waals surface area contributed by atoms with Gasteiger partial charge in [-0.3, -0.25) is 9.59 Å². The summed E-state index contributed by atoms with van der Waals surface area (Å²) in [7, 11) is 0. The van der Waals surface area contributed by atoms with E-state index in [4.69, 9.17) is 20.4 Å². The molecule has 0 aliphatic heterocycles. The minimum Gasteiger partial charge on any atom is -0.481 e. The summed E-state index contributed by atoms with van der Waals surface area (Å²) in [4.78, 5) is 30.5. The molecule has 0 saturated heterocycles. The molecule has 122 valence electrons. The summed E-state index contributed by atoms with van der Waals surface area (Å²) in [6.07, 6.45) is -2.29. The van der Waals surface area contributed by atoms with Gasteiger partial charge in [-0.05, 0) is 20.8 Å². The number of hydrogen-bond donors (Lipinski definition) is 4. The van der Waals surface area contributed by atoms with Gasteiger partial charge in [0.25, 0.3) is 0 Å². The highest BCUT2D eigenvalue weighted by Crippen LogP contribution is 2.15. The summed E-state index contributed by atoms with van der Waals surface area (Å²) >= 11 is 0. The van der Waals surface area contributed by atoms with Crippen LogP contribution in [0.3, 0.4) is 0 Å². The Morgan fingerprint density at radius 2 is 1.09 bits per heavy atom. The third kappa shape index (κ3) is 7.39. The Morgan fingerprint density at radius 3 is 1.27 bits per heavy atom. The van der Waals surface area contributed by atoms with Gasteiger partial charge in [-0.15, -0.1) is 0 Å². The van der Waals surface area contributed by atoms with Crippen molar-refractivity contribution in [3.05, 3.63) is 34.9 Å². The van der Waals surface area contributed by atoms with Crippen molar-refractivity contribution in [2.45, 2.75) is 39.2 Å². The summed E-state index contributed by atoms with van der Waals surface area (Å²) in [6.45, 7) is 6.38. The fourth-order valence-corrected chi connectivity index (χ4v) is 1.92. The van der Waals surface area contributed by atoms with E-state index in [0.717, 1.165) is 0 Å². The molecular weight excluding hydrogens is 292 g/mol. The summed E-state index contributed by atoms with van der Waals surface area (Å²) in [5.74, 6) is -5.02. The highest BCUT2D eigenvalue weighted by molar-refractivity contribution is 5.88. The maximum absolute atomic E-state index is 10.3. The Bertz CT molecular complexity index is 497. The zero-order valence-corrected chi connectivity index (χ0v) is 12.7. The second kappa shape index (κ2) is 8.14. The number of carbonyl (C=O) groups is 3. The first kappa shape index (κ1) is 19.6. The Balaban J connectivity index is 0.000000425. The number of carboxylic acids is 3. The van der Waals surface area contributed by atoms with Crippen LogP contribution in [0.1, 0.15) is 29.5 Å². The Labute approximate surface area is 127 Å². The van der Waals surface area contributed by atoms with Crippen LogP contribution in [-0.4, -0.2) is 43.9 Å². The number of aliphatic hydroxyl groups is 1. The average Bonchev–Trinajstić information content (AvgIpc) is 2.24. The standard InChI is InChI=1S/C9H12.C6H8O7/c1-7-4-8(2)6-9(3)5-7;7-3(8)1-6(13,5(11)12)2-4(9)10/h4-6H,1-3H3;13H,1-2H2,(H,7,8)(H,9,10)(H,11,12). The molecule has 0 atom stereocenters. The van der Waals surface area contributed by atoms with Crippen molar-refractivity contribution in [1.82, 2.24) is 0 Å². The van der Waals surface area contributed by atoms with E-state index in [2.05, 4.69) is 39.0 Å². The highest BCUT2D eigenvalue weighted by atomic mass is 16.4.